The summed E-state index contributed by atoms with van der Waals surface area (Å²) in [5, 5.41) is 9.07. The van der Waals surface area contributed by atoms with Gasteiger partial charge >= 0.3 is 5.97 Å². The predicted molar refractivity (Wildman–Crippen MR) is 103 cm³/mol. The molecule has 1 aromatic rings. The van der Waals surface area contributed by atoms with Crippen LogP contribution in [0.15, 0.2) is 24.3 Å². The molecule has 7 nitrogen and oxygen atoms in total. The summed E-state index contributed by atoms with van der Waals surface area (Å²) in [7, 11) is 0. The molecule has 3 unspecified atom stereocenters. The lowest BCUT2D eigenvalue weighted by Crippen LogP contribution is -2.49. The van der Waals surface area contributed by atoms with Gasteiger partial charge in [-0.25, -0.2) is 0 Å². The number of amides is 2. The highest BCUT2D eigenvalue weighted by Crippen LogP contribution is 2.23. The van der Waals surface area contributed by atoms with Crippen molar-refractivity contribution < 1.29 is 24.2 Å². The van der Waals surface area contributed by atoms with Crippen LogP contribution in [0.1, 0.15) is 49.9 Å². The lowest BCUT2D eigenvalue weighted by atomic mass is 9.97. The third-order valence-electron chi connectivity index (χ3n) is 5.77. The van der Waals surface area contributed by atoms with Crippen LogP contribution in [-0.4, -0.2) is 64.5 Å². The number of carbonyl (C=O) groups excluding carboxylic acids is 2. The molecule has 1 aromatic carbocycles. The molecule has 2 aliphatic rings. The zero-order valence-electron chi connectivity index (χ0n) is 16.5. The molecule has 1 N–H and O–H groups in total. The number of aliphatic carboxylic acids is 1. The van der Waals surface area contributed by atoms with E-state index in [0.29, 0.717) is 24.3 Å². The van der Waals surface area contributed by atoms with E-state index < -0.39 is 11.9 Å². The molecule has 0 saturated carbocycles. The van der Waals surface area contributed by atoms with Gasteiger partial charge in [0.25, 0.3) is 11.8 Å². The Kier molecular flexibility index (Phi) is 6.21. The van der Waals surface area contributed by atoms with Crippen LogP contribution in [0.25, 0.3) is 0 Å². The van der Waals surface area contributed by atoms with Gasteiger partial charge < -0.3 is 19.6 Å². The zero-order chi connectivity index (χ0) is 20.3. The normalized spacial score (nSPS) is 24.9. The number of rotatable bonds is 5. The number of carbonyl (C=O) groups is 3. The van der Waals surface area contributed by atoms with Crippen LogP contribution in [0.2, 0.25) is 0 Å². The highest BCUT2D eigenvalue weighted by atomic mass is 16.5. The Balaban J connectivity index is 1.54. The summed E-state index contributed by atoms with van der Waals surface area (Å²) >= 11 is 0. The van der Waals surface area contributed by atoms with Crippen molar-refractivity contribution in [2.45, 2.75) is 51.6 Å². The largest absolute Gasteiger partial charge is 0.484 e. The van der Waals surface area contributed by atoms with Crippen molar-refractivity contribution in [3.8, 4) is 5.75 Å². The predicted octanol–water partition coefficient (Wildman–Crippen LogP) is 2.40. The van der Waals surface area contributed by atoms with Crippen LogP contribution in [0.4, 0.5) is 0 Å². The van der Waals surface area contributed by atoms with E-state index >= 15 is 0 Å². The van der Waals surface area contributed by atoms with E-state index in [1.165, 1.54) is 0 Å². The van der Waals surface area contributed by atoms with Crippen LogP contribution >= 0.6 is 0 Å². The maximum atomic E-state index is 12.5. The fourth-order valence-electron chi connectivity index (χ4n) is 4.16. The summed E-state index contributed by atoms with van der Waals surface area (Å²) in [6.45, 7) is 4.82. The molecule has 0 aliphatic carbocycles. The monoisotopic (exact) mass is 388 g/mol. The lowest BCUT2D eigenvalue weighted by molar-refractivity contribution is -0.141. The van der Waals surface area contributed by atoms with Crippen molar-refractivity contribution >= 4 is 17.8 Å². The topological polar surface area (TPSA) is 87.2 Å². The molecule has 2 heterocycles. The Labute approximate surface area is 165 Å². The fourth-order valence-corrected chi connectivity index (χ4v) is 4.16. The van der Waals surface area contributed by atoms with Crippen LogP contribution in [0.3, 0.4) is 0 Å². The van der Waals surface area contributed by atoms with Crippen LogP contribution in [0.5, 0.6) is 5.75 Å². The Morgan fingerprint density at radius 3 is 2.29 bits per heavy atom. The number of hydrogen-bond donors (Lipinski definition) is 1. The summed E-state index contributed by atoms with van der Waals surface area (Å²) in [5.74, 6) is -1.01. The van der Waals surface area contributed by atoms with Gasteiger partial charge in [-0.05, 0) is 63.8 Å². The highest BCUT2D eigenvalue weighted by molar-refractivity contribution is 5.95. The number of benzene rings is 1. The summed E-state index contributed by atoms with van der Waals surface area (Å²) in [6.07, 6.45) is 3.67. The minimum absolute atomic E-state index is 0.0170. The highest BCUT2D eigenvalue weighted by Gasteiger charge is 2.31. The molecular weight excluding hydrogens is 360 g/mol. The van der Waals surface area contributed by atoms with E-state index in [9.17, 15) is 14.4 Å². The molecule has 152 valence electrons. The van der Waals surface area contributed by atoms with Gasteiger partial charge in [0.2, 0.25) is 0 Å². The molecule has 7 heteroatoms. The number of carboxylic acid groups (broad SMARTS) is 1. The van der Waals surface area contributed by atoms with Gasteiger partial charge in [0.15, 0.2) is 6.61 Å². The number of nitrogens with zero attached hydrogens (tertiary/aromatic N) is 2. The summed E-state index contributed by atoms with van der Waals surface area (Å²) < 4.78 is 5.63. The van der Waals surface area contributed by atoms with E-state index in [-0.39, 0.29) is 37.0 Å². The molecule has 2 aliphatic heterocycles. The van der Waals surface area contributed by atoms with Gasteiger partial charge in [-0.3, -0.25) is 14.4 Å². The molecule has 0 aromatic heterocycles. The van der Waals surface area contributed by atoms with Gasteiger partial charge in [0.1, 0.15) is 5.75 Å². The summed E-state index contributed by atoms with van der Waals surface area (Å²) in [4.78, 5) is 39.5. The van der Waals surface area contributed by atoms with Crippen LogP contribution in [-0.2, 0) is 9.59 Å². The Morgan fingerprint density at radius 2 is 1.71 bits per heavy atom. The maximum Gasteiger partial charge on any atom is 0.308 e. The van der Waals surface area contributed by atoms with Crippen LogP contribution < -0.4 is 4.74 Å². The maximum absolute atomic E-state index is 12.5. The molecule has 2 fully saturated rings. The fraction of sp³-hybridized carbons (Fsp3) is 0.571. The summed E-state index contributed by atoms with van der Waals surface area (Å²) in [5.41, 5.74) is 0.489. The van der Waals surface area contributed by atoms with E-state index in [4.69, 9.17) is 9.84 Å². The quantitative estimate of drug-likeness (QED) is 0.837. The first-order valence-corrected chi connectivity index (χ1v) is 9.93. The molecular formula is C21H28N2O5. The Morgan fingerprint density at radius 1 is 1.07 bits per heavy atom. The second-order valence-electron chi connectivity index (χ2n) is 7.82. The van der Waals surface area contributed by atoms with Crippen molar-refractivity contribution in [1.82, 2.24) is 9.80 Å². The SMILES string of the molecule is CC1CCCC(C)N1C(=O)COc1ccc(C(=O)N2CCC(C(=O)O)C2)cc1. The molecule has 0 bridgehead atoms. The molecule has 3 atom stereocenters. The first kappa shape index (κ1) is 20.2. The zero-order valence-corrected chi connectivity index (χ0v) is 16.5. The van der Waals surface area contributed by atoms with E-state index in [2.05, 4.69) is 13.8 Å². The van der Waals surface area contributed by atoms with Crippen molar-refractivity contribution in [1.29, 1.82) is 0 Å². The first-order chi connectivity index (χ1) is 13.4. The smallest absolute Gasteiger partial charge is 0.308 e. The lowest BCUT2D eigenvalue weighted by Gasteiger charge is -2.38. The number of piperidine rings is 1. The molecule has 0 radical (unpaired) electrons. The van der Waals surface area contributed by atoms with E-state index in [1.54, 1.807) is 29.2 Å². The third kappa shape index (κ3) is 4.46. The second-order valence-corrected chi connectivity index (χ2v) is 7.82. The van der Waals surface area contributed by atoms with Crippen molar-refractivity contribution in [2.75, 3.05) is 19.7 Å². The van der Waals surface area contributed by atoms with Gasteiger partial charge in [-0.2, -0.15) is 0 Å². The van der Waals surface area contributed by atoms with Gasteiger partial charge in [0, 0.05) is 30.7 Å². The minimum atomic E-state index is -0.860. The molecule has 0 spiro atoms. The standard InChI is InChI=1S/C21H28N2O5/c1-14-4-3-5-15(2)23(14)19(24)13-28-18-8-6-16(7-9-18)20(25)22-11-10-17(12-22)21(26)27/h6-9,14-15,17H,3-5,10-13H2,1-2H3,(H,26,27). The number of ether oxygens (including phenoxy) is 1. The van der Waals surface area contributed by atoms with Gasteiger partial charge in [-0.15, -0.1) is 0 Å². The molecule has 2 saturated heterocycles. The molecule has 3 rings (SSSR count). The van der Waals surface area contributed by atoms with Crippen molar-refractivity contribution in [3.63, 3.8) is 0 Å². The molecule has 2 amide bonds. The van der Waals surface area contributed by atoms with E-state index in [0.717, 1.165) is 19.3 Å². The average molecular weight is 388 g/mol. The Hall–Kier alpha value is -2.57. The number of likely N-dealkylation sites (tertiary alicyclic amines) is 2. The van der Waals surface area contributed by atoms with Crippen molar-refractivity contribution in [3.05, 3.63) is 29.8 Å². The first-order valence-electron chi connectivity index (χ1n) is 9.93. The van der Waals surface area contributed by atoms with E-state index in [1.807, 2.05) is 4.90 Å². The molecule has 28 heavy (non-hydrogen) atoms. The summed E-state index contributed by atoms with van der Waals surface area (Å²) in [6, 6.07) is 7.12. The minimum Gasteiger partial charge on any atom is -0.484 e. The van der Waals surface area contributed by atoms with Gasteiger partial charge in [0.05, 0.1) is 5.92 Å². The van der Waals surface area contributed by atoms with Gasteiger partial charge in [-0.1, -0.05) is 0 Å². The van der Waals surface area contributed by atoms with Crippen molar-refractivity contribution in [2.24, 2.45) is 5.92 Å². The third-order valence-corrected chi connectivity index (χ3v) is 5.77. The number of carboxylic acids is 1. The number of hydrogen-bond acceptors (Lipinski definition) is 4. The van der Waals surface area contributed by atoms with Crippen LogP contribution in [0, 0.1) is 5.92 Å². The second kappa shape index (κ2) is 8.63. The average Bonchev–Trinajstić information content (AvgIpc) is 3.16. The Bertz CT molecular complexity index is 723.